The molecule has 5 unspecified atom stereocenters. The maximum absolute atomic E-state index is 6.21. The fourth-order valence-electron chi connectivity index (χ4n) is 4.28. The molecule has 5 atom stereocenters. The molecule has 1 nitrogen and oxygen atoms in total. The number of rotatable bonds is 2. The van der Waals surface area contributed by atoms with Crippen LogP contribution in [0.1, 0.15) is 19.3 Å². The first-order valence-electron chi connectivity index (χ1n) is 6.82. The predicted molar refractivity (Wildman–Crippen MR) is 67.8 cm³/mol. The quantitative estimate of drug-likeness (QED) is 0.699. The van der Waals surface area contributed by atoms with Gasteiger partial charge in [-0.25, -0.2) is 0 Å². The van der Waals surface area contributed by atoms with E-state index >= 15 is 0 Å². The second kappa shape index (κ2) is 3.63. The van der Waals surface area contributed by atoms with Crippen molar-refractivity contribution in [1.82, 2.24) is 0 Å². The molecule has 0 heterocycles. The molecule has 0 aliphatic heterocycles. The Morgan fingerprint density at radius 1 is 0.941 bits per heavy atom. The Hall–Kier alpha value is -1.24. The highest BCUT2D eigenvalue weighted by atomic mass is 16.5. The molecule has 2 saturated carbocycles. The Bertz CT molecular complexity index is 436. The maximum Gasteiger partial charge on any atom is 0.119 e. The van der Waals surface area contributed by atoms with Crippen molar-refractivity contribution in [2.45, 2.75) is 25.4 Å². The van der Waals surface area contributed by atoms with Gasteiger partial charge in [-0.3, -0.25) is 0 Å². The van der Waals surface area contributed by atoms with Gasteiger partial charge in [-0.2, -0.15) is 0 Å². The van der Waals surface area contributed by atoms with E-state index in [0.717, 1.165) is 29.4 Å². The molecule has 17 heavy (non-hydrogen) atoms. The molecule has 0 radical (unpaired) electrons. The first kappa shape index (κ1) is 9.76. The molecule has 2 bridgehead atoms. The van der Waals surface area contributed by atoms with Gasteiger partial charge in [-0.1, -0.05) is 30.4 Å². The van der Waals surface area contributed by atoms with Crippen LogP contribution in [0.2, 0.25) is 0 Å². The SMILES string of the molecule is C1=CC2CC1C1CCC(Oc3ccccc3)C21. The van der Waals surface area contributed by atoms with Crippen molar-refractivity contribution in [2.24, 2.45) is 23.7 Å². The molecule has 88 valence electrons. The van der Waals surface area contributed by atoms with Crippen molar-refractivity contribution in [1.29, 1.82) is 0 Å². The van der Waals surface area contributed by atoms with Crippen LogP contribution in [0.4, 0.5) is 0 Å². The molecule has 2 fully saturated rings. The fourth-order valence-corrected chi connectivity index (χ4v) is 4.28. The van der Waals surface area contributed by atoms with Gasteiger partial charge in [0.2, 0.25) is 0 Å². The summed E-state index contributed by atoms with van der Waals surface area (Å²) < 4.78 is 6.21. The minimum absolute atomic E-state index is 0.461. The average molecular weight is 226 g/mol. The zero-order chi connectivity index (χ0) is 11.2. The minimum Gasteiger partial charge on any atom is -0.490 e. The normalized spacial score (nSPS) is 41.8. The number of fused-ring (bicyclic) bond motifs is 5. The Labute approximate surface area is 102 Å². The summed E-state index contributed by atoms with van der Waals surface area (Å²) in [5.41, 5.74) is 0. The lowest BCUT2D eigenvalue weighted by Gasteiger charge is -2.26. The molecule has 1 aromatic rings. The molecule has 4 rings (SSSR count). The Morgan fingerprint density at radius 2 is 1.76 bits per heavy atom. The van der Waals surface area contributed by atoms with Crippen molar-refractivity contribution < 1.29 is 4.74 Å². The highest BCUT2D eigenvalue weighted by Crippen LogP contribution is 2.56. The zero-order valence-corrected chi connectivity index (χ0v) is 9.96. The lowest BCUT2D eigenvalue weighted by molar-refractivity contribution is 0.131. The van der Waals surface area contributed by atoms with Crippen molar-refractivity contribution in [3.05, 3.63) is 42.5 Å². The van der Waals surface area contributed by atoms with E-state index in [1.54, 1.807) is 0 Å². The molecule has 0 N–H and O–H groups in total. The highest BCUT2D eigenvalue weighted by Gasteiger charge is 2.52. The highest BCUT2D eigenvalue weighted by molar-refractivity contribution is 5.23. The van der Waals surface area contributed by atoms with Crippen molar-refractivity contribution in [3.8, 4) is 5.75 Å². The van der Waals surface area contributed by atoms with Crippen molar-refractivity contribution >= 4 is 0 Å². The van der Waals surface area contributed by atoms with Crippen LogP contribution in [0.3, 0.4) is 0 Å². The van der Waals surface area contributed by atoms with Crippen LogP contribution >= 0.6 is 0 Å². The van der Waals surface area contributed by atoms with Crippen LogP contribution in [0.25, 0.3) is 0 Å². The van der Waals surface area contributed by atoms with E-state index in [-0.39, 0.29) is 0 Å². The second-order valence-electron chi connectivity index (χ2n) is 5.74. The summed E-state index contributed by atoms with van der Waals surface area (Å²) in [4.78, 5) is 0. The van der Waals surface area contributed by atoms with Crippen LogP contribution in [-0.2, 0) is 0 Å². The fraction of sp³-hybridized carbons (Fsp3) is 0.500. The van der Waals surface area contributed by atoms with Gasteiger partial charge in [-0.15, -0.1) is 0 Å². The van der Waals surface area contributed by atoms with E-state index in [0.29, 0.717) is 6.10 Å². The van der Waals surface area contributed by atoms with Crippen LogP contribution in [0.5, 0.6) is 5.75 Å². The standard InChI is InChI=1S/C16H18O/c1-2-4-13(5-3-1)17-15-9-8-14-11-6-7-12(10-11)16(14)15/h1-7,11-12,14-16H,8-10H2. The Balaban J connectivity index is 1.55. The number of ether oxygens (including phenoxy) is 1. The first-order valence-corrected chi connectivity index (χ1v) is 6.82. The second-order valence-corrected chi connectivity index (χ2v) is 5.74. The summed E-state index contributed by atoms with van der Waals surface area (Å²) in [6.45, 7) is 0. The minimum atomic E-state index is 0.461. The molecular formula is C16H18O. The molecular weight excluding hydrogens is 208 g/mol. The van der Waals surface area contributed by atoms with E-state index < -0.39 is 0 Å². The third kappa shape index (κ3) is 1.45. The van der Waals surface area contributed by atoms with Crippen molar-refractivity contribution in [2.75, 3.05) is 0 Å². The van der Waals surface area contributed by atoms with Gasteiger partial charge in [0.1, 0.15) is 11.9 Å². The number of para-hydroxylation sites is 1. The number of allylic oxidation sites excluding steroid dienone is 2. The van der Waals surface area contributed by atoms with Gasteiger partial charge in [0.25, 0.3) is 0 Å². The van der Waals surface area contributed by atoms with Gasteiger partial charge in [0.05, 0.1) is 0 Å². The van der Waals surface area contributed by atoms with Crippen LogP contribution in [-0.4, -0.2) is 6.10 Å². The summed E-state index contributed by atoms with van der Waals surface area (Å²) in [5, 5.41) is 0. The first-order chi connectivity index (χ1) is 8.42. The van der Waals surface area contributed by atoms with Crippen molar-refractivity contribution in [3.63, 3.8) is 0 Å². The molecule has 3 aliphatic rings. The van der Waals surface area contributed by atoms with Crippen LogP contribution in [0.15, 0.2) is 42.5 Å². The average Bonchev–Trinajstić information content (AvgIpc) is 3.03. The molecule has 0 amide bonds. The lowest BCUT2D eigenvalue weighted by Crippen LogP contribution is -2.28. The summed E-state index contributed by atoms with van der Waals surface area (Å²) in [7, 11) is 0. The molecule has 1 aromatic carbocycles. The number of hydrogen-bond acceptors (Lipinski definition) is 1. The molecule has 0 saturated heterocycles. The monoisotopic (exact) mass is 226 g/mol. The largest absolute Gasteiger partial charge is 0.490 e. The summed E-state index contributed by atoms with van der Waals surface area (Å²) in [6.07, 6.45) is 9.37. The number of benzene rings is 1. The molecule has 3 aliphatic carbocycles. The van der Waals surface area contributed by atoms with Gasteiger partial charge in [0.15, 0.2) is 0 Å². The Morgan fingerprint density at radius 3 is 2.65 bits per heavy atom. The van der Waals surface area contributed by atoms with E-state index in [9.17, 15) is 0 Å². The molecule has 1 heteroatoms. The van der Waals surface area contributed by atoms with E-state index in [1.807, 2.05) is 6.07 Å². The van der Waals surface area contributed by atoms with E-state index in [4.69, 9.17) is 4.74 Å². The van der Waals surface area contributed by atoms with Gasteiger partial charge < -0.3 is 4.74 Å². The van der Waals surface area contributed by atoms with E-state index in [2.05, 4.69) is 36.4 Å². The van der Waals surface area contributed by atoms with Crippen LogP contribution in [0, 0.1) is 23.7 Å². The third-order valence-corrected chi connectivity index (χ3v) is 4.93. The Kier molecular flexibility index (Phi) is 2.08. The topological polar surface area (TPSA) is 9.23 Å². The molecule has 0 spiro atoms. The maximum atomic E-state index is 6.21. The summed E-state index contributed by atoms with van der Waals surface area (Å²) in [5.74, 6) is 4.43. The lowest BCUT2D eigenvalue weighted by atomic mass is 9.85. The summed E-state index contributed by atoms with van der Waals surface area (Å²) >= 11 is 0. The third-order valence-electron chi connectivity index (χ3n) is 4.93. The zero-order valence-electron chi connectivity index (χ0n) is 9.96. The number of hydrogen-bond donors (Lipinski definition) is 0. The van der Waals surface area contributed by atoms with Gasteiger partial charge in [0, 0.05) is 5.92 Å². The smallest absolute Gasteiger partial charge is 0.119 e. The van der Waals surface area contributed by atoms with Gasteiger partial charge >= 0.3 is 0 Å². The predicted octanol–water partition coefficient (Wildman–Crippen LogP) is 3.67. The van der Waals surface area contributed by atoms with Crippen LogP contribution < -0.4 is 4.74 Å². The molecule has 0 aromatic heterocycles. The van der Waals surface area contributed by atoms with Gasteiger partial charge in [-0.05, 0) is 49.1 Å². The van der Waals surface area contributed by atoms with E-state index in [1.165, 1.54) is 19.3 Å². The summed E-state index contributed by atoms with van der Waals surface area (Å²) in [6, 6.07) is 10.3.